The predicted octanol–water partition coefficient (Wildman–Crippen LogP) is 1.56. The molecule has 0 N–H and O–H groups in total. The second-order valence-electron chi connectivity index (χ2n) is 3.14. The number of ether oxygens (including phenoxy) is 2. The summed E-state index contributed by atoms with van der Waals surface area (Å²) in [5.74, 6) is -1.82. The molecule has 0 saturated heterocycles. The van der Waals surface area contributed by atoms with Crippen LogP contribution in [0.25, 0.3) is 5.57 Å². The molecule has 0 aliphatic carbocycles. The van der Waals surface area contributed by atoms with Gasteiger partial charge in [0.1, 0.15) is 5.82 Å². The van der Waals surface area contributed by atoms with E-state index in [1.165, 1.54) is 31.4 Å². The van der Waals surface area contributed by atoms with Crippen LogP contribution >= 0.6 is 0 Å². The second kappa shape index (κ2) is 5.79. The van der Waals surface area contributed by atoms with E-state index in [0.717, 1.165) is 0 Å². The molecule has 0 radical (unpaired) electrons. The Labute approximate surface area is 97.6 Å². The molecule has 0 aliphatic heterocycles. The molecule has 0 bridgehead atoms. The molecule has 4 nitrogen and oxygen atoms in total. The van der Waals surface area contributed by atoms with Gasteiger partial charge in [-0.3, -0.25) is 0 Å². The van der Waals surface area contributed by atoms with Gasteiger partial charge in [0.05, 0.1) is 12.7 Å². The third-order valence-corrected chi connectivity index (χ3v) is 1.99. The highest BCUT2D eigenvalue weighted by Crippen LogP contribution is 2.14. The molecule has 0 heterocycles. The van der Waals surface area contributed by atoms with E-state index >= 15 is 0 Å². The molecule has 0 atom stereocenters. The smallest absolute Gasteiger partial charge is 0.344 e. The number of carbonyl (C=O) groups is 2. The quantitative estimate of drug-likeness (QED) is 0.590. The van der Waals surface area contributed by atoms with Crippen molar-refractivity contribution in [3.63, 3.8) is 0 Å². The molecule has 0 saturated carbocycles. The van der Waals surface area contributed by atoms with Gasteiger partial charge < -0.3 is 9.47 Å². The first kappa shape index (κ1) is 12.9. The zero-order valence-electron chi connectivity index (χ0n) is 9.23. The van der Waals surface area contributed by atoms with Gasteiger partial charge in [0, 0.05) is 0 Å². The Bertz CT molecular complexity index is 436. The van der Waals surface area contributed by atoms with Crippen molar-refractivity contribution in [2.24, 2.45) is 0 Å². The number of carbonyl (C=O) groups excluding carboxylic acids is 2. The minimum Gasteiger partial charge on any atom is -0.466 e. The number of methoxy groups -OCH3 is 1. The molecule has 0 unspecified atom stereocenters. The molecule has 90 valence electrons. The number of hydrogen-bond donors (Lipinski definition) is 0. The first-order chi connectivity index (χ1) is 8.04. The summed E-state index contributed by atoms with van der Waals surface area (Å²) >= 11 is 0. The number of esters is 2. The van der Waals surface area contributed by atoms with Crippen LogP contribution in [0.3, 0.4) is 0 Å². The highest BCUT2D eigenvalue weighted by molar-refractivity contribution is 6.15. The average Bonchev–Trinajstić information content (AvgIpc) is 2.35. The third kappa shape index (κ3) is 3.71. The van der Waals surface area contributed by atoms with Crippen LogP contribution in [-0.4, -0.2) is 25.7 Å². The summed E-state index contributed by atoms with van der Waals surface area (Å²) < 4.78 is 21.6. The van der Waals surface area contributed by atoms with Crippen LogP contribution in [0, 0.1) is 5.82 Å². The van der Waals surface area contributed by atoms with Gasteiger partial charge in [-0.15, -0.1) is 0 Å². The Kier molecular flexibility index (Phi) is 4.39. The van der Waals surface area contributed by atoms with Crippen LogP contribution < -0.4 is 0 Å². The number of hydrogen-bond acceptors (Lipinski definition) is 4. The number of rotatable bonds is 4. The topological polar surface area (TPSA) is 52.6 Å². The van der Waals surface area contributed by atoms with E-state index in [0.29, 0.717) is 5.56 Å². The molecule has 0 aromatic heterocycles. The van der Waals surface area contributed by atoms with E-state index in [9.17, 15) is 14.0 Å². The molecule has 0 fully saturated rings. The van der Waals surface area contributed by atoms with Gasteiger partial charge in [-0.1, -0.05) is 18.7 Å². The maximum atomic E-state index is 12.6. The molecular formula is C12H11FO4. The first-order valence-electron chi connectivity index (χ1n) is 4.73. The lowest BCUT2D eigenvalue weighted by Gasteiger charge is -2.06. The SMILES string of the molecule is C=C(C(=O)OCC(=O)OC)c1ccc(F)cc1. The molecule has 0 amide bonds. The Morgan fingerprint density at radius 2 is 1.88 bits per heavy atom. The lowest BCUT2D eigenvalue weighted by molar-refractivity contribution is -0.153. The fourth-order valence-corrected chi connectivity index (χ4v) is 1.04. The fourth-order valence-electron chi connectivity index (χ4n) is 1.04. The summed E-state index contributed by atoms with van der Waals surface area (Å²) in [7, 11) is 1.19. The molecule has 0 spiro atoms. The Morgan fingerprint density at radius 1 is 1.29 bits per heavy atom. The van der Waals surface area contributed by atoms with E-state index in [1.54, 1.807) is 0 Å². The first-order valence-corrected chi connectivity index (χ1v) is 4.73. The van der Waals surface area contributed by atoms with E-state index in [2.05, 4.69) is 16.1 Å². The zero-order chi connectivity index (χ0) is 12.8. The zero-order valence-corrected chi connectivity index (χ0v) is 9.23. The number of halogens is 1. The van der Waals surface area contributed by atoms with Gasteiger partial charge in [0.2, 0.25) is 0 Å². The van der Waals surface area contributed by atoms with E-state index in [4.69, 9.17) is 0 Å². The summed E-state index contributed by atoms with van der Waals surface area (Å²) in [6.07, 6.45) is 0. The fraction of sp³-hybridized carbons (Fsp3) is 0.167. The molecule has 0 aliphatic rings. The summed E-state index contributed by atoms with van der Waals surface area (Å²) in [5.41, 5.74) is 0.482. The maximum Gasteiger partial charge on any atom is 0.344 e. The van der Waals surface area contributed by atoms with Crippen LogP contribution in [-0.2, 0) is 19.1 Å². The van der Waals surface area contributed by atoms with Gasteiger partial charge in [0.15, 0.2) is 6.61 Å². The molecular weight excluding hydrogens is 227 g/mol. The highest BCUT2D eigenvalue weighted by atomic mass is 19.1. The predicted molar refractivity (Wildman–Crippen MR) is 58.4 cm³/mol. The lowest BCUT2D eigenvalue weighted by Crippen LogP contribution is -2.15. The molecule has 1 aromatic carbocycles. The van der Waals surface area contributed by atoms with Gasteiger partial charge in [-0.2, -0.15) is 0 Å². The molecule has 1 rings (SSSR count). The minimum absolute atomic E-state index is 0.0499. The summed E-state index contributed by atoms with van der Waals surface area (Å²) in [4.78, 5) is 22.2. The largest absolute Gasteiger partial charge is 0.466 e. The van der Waals surface area contributed by atoms with E-state index in [1.807, 2.05) is 0 Å². The Balaban J connectivity index is 2.61. The van der Waals surface area contributed by atoms with Crippen molar-refractivity contribution in [2.75, 3.05) is 13.7 Å². The Morgan fingerprint density at radius 3 is 2.41 bits per heavy atom. The average molecular weight is 238 g/mol. The summed E-state index contributed by atoms with van der Waals surface area (Å²) in [5, 5.41) is 0. The lowest BCUT2D eigenvalue weighted by atomic mass is 10.1. The van der Waals surface area contributed by atoms with E-state index in [-0.39, 0.29) is 5.57 Å². The van der Waals surface area contributed by atoms with Crippen molar-refractivity contribution >= 4 is 17.5 Å². The molecule has 1 aromatic rings. The van der Waals surface area contributed by atoms with Gasteiger partial charge >= 0.3 is 11.9 Å². The summed E-state index contributed by atoms with van der Waals surface area (Å²) in [6, 6.07) is 5.20. The van der Waals surface area contributed by atoms with Crippen LogP contribution in [0.5, 0.6) is 0 Å². The van der Waals surface area contributed by atoms with Crippen molar-refractivity contribution in [1.82, 2.24) is 0 Å². The molecule has 17 heavy (non-hydrogen) atoms. The van der Waals surface area contributed by atoms with Crippen molar-refractivity contribution in [2.45, 2.75) is 0 Å². The van der Waals surface area contributed by atoms with Gasteiger partial charge in [0.25, 0.3) is 0 Å². The minimum atomic E-state index is -0.748. The normalized spacial score (nSPS) is 9.53. The van der Waals surface area contributed by atoms with E-state index < -0.39 is 24.4 Å². The van der Waals surface area contributed by atoms with Crippen molar-refractivity contribution in [1.29, 1.82) is 0 Å². The summed E-state index contributed by atoms with van der Waals surface area (Å²) in [6.45, 7) is 3.03. The highest BCUT2D eigenvalue weighted by Gasteiger charge is 2.13. The van der Waals surface area contributed by atoms with Crippen molar-refractivity contribution in [3.05, 3.63) is 42.2 Å². The van der Waals surface area contributed by atoms with Crippen LogP contribution in [0.15, 0.2) is 30.8 Å². The standard InChI is InChI=1S/C12H11FO4/c1-8(9-3-5-10(13)6-4-9)12(15)17-7-11(14)16-2/h3-6H,1,7H2,2H3. The van der Waals surface area contributed by atoms with Crippen molar-refractivity contribution < 1.29 is 23.5 Å². The number of benzene rings is 1. The van der Waals surface area contributed by atoms with Crippen LogP contribution in [0.4, 0.5) is 4.39 Å². The van der Waals surface area contributed by atoms with Crippen LogP contribution in [0.1, 0.15) is 5.56 Å². The van der Waals surface area contributed by atoms with Gasteiger partial charge in [-0.05, 0) is 17.7 Å². The van der Waals surface area contributed by atoms with Gasteiger partial charge in [-0.25, -0.2) is 14.0 Å². The van der Waals surface area contributed by atoms with Crippen molar-refractivity contribution in [3.8, 4) is 0 Å². The third-order valence-electron chi connectivity index (χ3n) is 1.99. The maximum absolute atomic E-state index is 12.6. The second-order valence-corrected chi connectivity index (χ2v) is 3.14. The Hall–Kier alpha value is -2.17. The van der Waals surface area contributed by atoms with Crippen LogP contribution in [0.2, 0.25) is 0 Å². The monoisotopic (exact) mass is 238 g/mol. The molecule has 5 heteroatoms.